The molecule has 1 atom stereocenters. The molecule has 0 aliphatic heterocycles. The Morgan fingerprint density at radius 2 is 2.00 bits per heavy atom. The minimum Gasteiger partial charge on any atom is -0.496 e. The van der Waals surface area contributed by atoms with Gasteiger partial charge in [-0.25, -0.2) is 0 Å². The molecule has 0 radical (unpaired) electrons. The number of nitrogens with zero attached hydrogens (tertiary/aromatic N) is 1. The number of fused-ring (bicyclic) bond motifs is 1. The van der Waals surface area contributed by atoms with Gasteiger partial charge in [0.25, 0.3) is 5.91 Å². The summed E-state index contributed by atoms with van der Waals surface area (Å²) < 4.78 is 5.33. The Labute approximate surface area is 131 Å². The van der Waals surface area contributed by atoms with Crippen molar-refractivity contribution in [1.29, 1.82) is 0 Å². The second-order valence-electron chi connectivity index (χ2n) is 5.85. The molecule has 1 aliphatic carbocycles. The summed E-state index contributed by atoms with van der Waals surface area (Å²) in [4.78, 5) is 14.6. The number of ether oxygens (including phenoxy) is 1. The molecule has 0 saturated carbocycles. The molecule has 0 aromatic heterocycles. The van der Waals surface area contributed by atoms with Gasteiger partial charge in [-0.05, 0) is 48.6 Å². The molecule has 3 rings (SSSR count). The fraction of sp³-hybridized carbons (Fsp3) is 0.316. The fourth-order valence-electron chi connectivity index (χ4n) is 3.24. The lowest BCUT2D eigenvalue weighted by Gasteiger charge is -2.26. The first-order valence-electron chi connectivity index (χ1n) is 7.61. The molecule has 3 nitrogen and oxygen atoms in total. The highest BCUT2D eigenvalue weighted by Crippen LogP contribution is 2.35. The molecule has 0 bridgehead atoms. The van der Waals surface area contributed by atoms with Crippen LogP contribution in [0.2, 0.25) is 0 Å². The van der Waals surface area contributed by atoms with Crippen molar-refractivity contribution in [2.24, 2.45) is 0 Å². The van der Waals surface area contributed by atoms with E-state index in [0.29, 0.717) is 5.56 Å². The van der Waals surface area contributed by atoms with Crippen molar-refractivity contribution in [3.05, 3.63) is 64.7 Å². The molecule has 114 valence electrons. The first kappa shape index (κ1) is 14.6. The number of hydrogen-bond donors (Lipinski definition) is 0. The summed E-state index contributed by atoms with van der Waals surface area (Å²) in [7, 11) is 3.52. The summed E-state index contributed by atoms with van der Waals surface area (Å²) in [5.41, 5.74) is 4.34. The zero-order valence-corrected chi connectivity index (χ0v) is 13.3. The van der Waals surface area contributed by atoms with Gasteiger partial charge in [0, 0.05) is 12.6 Å². The van der Waals surface area contributed by atoms with Crippen molar-refractivity contribution in [3.63, 3.8) is 0 Å². The Morgan fingerprint density at radius 3 is 2.77 bits per heavy atom. The number of benzene rings is 2. The van der Waals surface area contributed by atoms with Crippen molar-refractivity contribution >= 4 is 5.91 Å². The molecule has 0 fully saturated rings. The molecule has 0 unspecified atom stereocenters. The number of carbonyl (C=O) groups excluding carboxylic acids is 1. The largest absolute Gasteiger partial charge is 0.496 e. The van der Waals surface area contributed by atoms with Crippen LogP contribution in [0.1, 0.15) is 39.5 Å². The molecule has 1 aliphatic rings. The zero-order chi connectivity index (χ0) is 15.7. The van der Waals surface area contributed by atoms with Crippen LogP contribution in [0.3, 0.4) is 0 Å². The van der Waals surface area contributed by atoms with Gasteiger partial charge in [-0.15, -0.1) is 0 Å². The molecule has 22 heavy (non-hydrogen) atoms. The summed E-state index contributed by atoms with van der Waals surface area (Å²) in [6.45, 7) is 1.98. The third-order valence-electron chi connectivity index (χ3n) is 4.54. The van der Waals surface area contributed by atoms with Crippen molar-refractivity contribution in [2.45, 2.75) is 25.8 Å². The average molecular weight is 295 g/mol. The number of rotatable bonds is 3. The van der Waals surface area contributed by atoms with Crippen LogP contribution in [0.25, 0.3) is 0 Å². The highest BCUT2D eigenvalue weighted by atomic mass is 16.5. The van der Waals surface area contributed by atoms with Gasteiger partial charge in [0.15, 0.2) is 0 Å². The molecule has 2 aromatic rings. The molecular formula is C19H21NO2. The van der Waals surface area contributed by atoms with Crippen LogP contribution in [-0.2, 0) is 6.42 Å². The minimum atomic E-state index is 0.0417. The molecule has 2 aromatic carbocycles. The van der Waals surface area contributed by atoms with Gasteiger partial charge in [-0.1, -0.05) is 30.3 Å². The van der Waals surface area contributed by atoms with Crippen molar-refractivity contribution in [2.75, 3.05) is 14.2 Å². The molecular weight excluding hydrogens is 274 g/mol. The summed E-state index contributed by atoms with van der Waals surface area (Å²) in [5.74, 6) is 0.797. The smallest absolute Gasteiger partial charge is 0.254 e. The van der Waals surface area contributed by atoms with Crippen LogP contribution < -0.4 is 4.74 Å². The number of methoxy groups -OCH3 is 1. The van der Waals surface area contributed by atoms with Gasteiger partial charge >= 0.3 is 0 Å². The fourth-order valence-corrected chi connectivity index (χ4v) is 3.24. The van der Waals surface area contributed by atoms with Crippen LogP contribution in [-0.4, -0.2) is 25.0 Å². The zero-order valence-electron chi connectivity index (χ0n) is 13.3. The second kappa shape index (κ2) is 5.84. The number of carbonyl (C=O) groups is 1. The molecule has 0 saturated heterocycles. The van der Waals surface area contributed by atoms with E-state index in [0.717, 1.165) is 24.2 Å². The topological polar surface area (TPSA) is 29.5 Å². The monoisotopic (exact) mass is 295 g/mol. The maximum atomic E-state index is 12.8. The minimum absolute atomic E-state index is 0.0417. The van der Waals surface area contributed by atoms with Gasteiger partial charge in [0.1, 0.15) is 5.75 Å². The summed E-state index contributed by atoms with van der Waals surface area (Å²) >= 11 is 0. The van der Waals surface area contributed by atoms with Gasteiger partial charge in [0.05, 0.1) is 13.2 Å². The summed E-state index contributed by atoms with van der Waals surface area (Å²) in [5, 5.41) is 0. The van der Waals surface area contributed by atoms with Crippen LogP contribution in [0.4, 0.5) is 0 Å². The molecule has 0 spiro atoms. The molecule has 0 N–H and O–H groups in total. The SMILES string of the molecule is COc1cc(C(=O)N(C)[C@H]2CCc3ccccc32)ccc1C. The lowest BCUT2D eigenvalue weighted by atomic mass is 10.1. The highest BCUT2D eigenvalue weighted by molar-refractivity contribution is 5.95. The Morgan fingerprint density at radius 1 is 1.23 bits per heavy atom. The van der Waals surface area contributed by atoms with E-state index in [-0.39, 0.29) is 11.9 Å². The van der Waals surface area contributed by atoms with Crippen molar-refractivity contribution < 1.29 is 9.53 Å². The van der Waals surface area contributed by atoms with E-state index in [1.807, 2.05) is 43.1 Å². The average Bonchev–Trinajstić information content (AvgIpc) is 2.98. The third kappa shape index (κ3) is 2.47. The van der Waals surface area contributed by atoms with Gasteiger partial charge in [-0.3, -0.25) is 4.79 Å². The Bertz CT molecular complexity index is 708. The van der Waals surface area contributed by atoms with E-state index < -0.39 is 0 Å². The third-order valence-corrected chi connectivity index (χ3v) is 4.54. The summed E-state index contributed by atoms with van der Waals surface area (Å²) in [6.07, 6.45) is 2.03. The van der Waals surface area contributed by atoms with E-state index in [1.165, 1.54) is 11.1 Å². The Kier molecular flexibility index (Phi) is 3.88. The Balaban J connectivity index is 1.87. The lowest BCUT2D eigenvalue weighted by molar-refractivity contribution is 0.0730. The predicted molar refractivity (Wildman–Crippen MR) is 87.3 cm³/mol. The highest BCUT2D eigenvalue weighted by Gasteiger charge is 2.28. The first-order valence-corrected chi connectivity index (χ1v) is 7.61. The van der Waals surface area contributed by atoms with E-state index in [1.54, 1.807) is 7.11 Å². The van der Waals surface area contributed by atoms with Crippen molar-refractivity contribution in [1.82, 2.24) is 4.90 Å². The quantitative estimate of drug-likeness (QED) is 0.863. The summed E-state index contributed by atoms with van der Waals surface area (Å²) in [6, 6.07) is 14.2. The normalized spacial score (nSPS) is 16.2. The van der Waals surface area contributed by atoms with Crippen LogP contribution in [0, 0.1) is 6.92 Å². The van der Waals surface area contributed by atoms with Gasteiger partial charge in [-0.2, -0.15) is 0 Å². The number of aryl methyl sites for hydroxylation is 2. The van der Waals surface area contributed by atoms with Crippen LogP contribution in [0.5, 0.6) is 5.75 Å². The number of hydrogen-bond acceptors (Lipinski definition) is 2. The standard InChI is InChI=1S/C19H21NO2/c1-13-8-9-15(12-18(13)22-3)19(21)20(2)17-11-10-14-6-4-5-7-16(14)17/h4-9,12,17H,10-11H2,1-3H3/t17-/m0/s1. The van der Waals surface area contributed by atoms with E-state index in [4.69, 9.17) is 4.74 Å². The maximum absolute atomic E-state index is 12.8. The Hall–Kier alpha value is -2.29. The second-order valence-corrected chi connectivity index (χ2v) is 5.85. The van der Waals surface area contributed by atoms with Crippen molar-refractivity contribution in [3.8, 4) is 5.75 Å². The predicted octanol–water partition coefficient (Wildman–Crippen LogP) is 3.76. The van der Waals surface area contributed by atoms with Gasteiger partial charge < -0.3 is 9.64 Å². The molecule has 3 heteroatoms. The van der Waals surface area contributed by atoms with E-state index in [9.17, 15) is 4.79 Å². The van der Waals surface area contributed by atoms with Crippen LogP contribution >= 0.6 is 0 Å². The number of amides is 1. The molecule has 0 heterocycles. The van der Waals surface area contributed by atoms with Crippen LogP contribution in [0.15, 0.2) is 42.5 Å². The van der Waals surface area contributed by atoms with E-state index in [2.05, 4.69) is 18.2 Å². The lowest BCUT2D eigenvalue weighted by Crippen LogP contribution is -2.30. The van der Waals surface area contributed by atoms with E-state index >= 15 is 0 Å². The van der Waals surface area contributed by atoms with Gasteiger partial charge in [0.2, 0.25) is 0 Å². The maximum Gasteiger partial charge on any atom is 0.254 e. The first-order chi connectivity index (χ1) is 10.6. The molecule has 1 amide bonds.